The van der Waals surface area contributed by atoms with Crippen LogP contribution in [0.3, 0.4) is 0 Å². The Morgan fingerprint density at radius 3 is 2.70 bits per heavy atom. The zero-order valence-corrected chi connectivity index (χ0v) is 11.6. The molecular formula is C16H18N4. The molecule has 1 aromatic carbocycles. The molecule has 2 aromatic rings. The summed E-state index contributed by atoms with van der Waals surface area (Å²) in [6, 6.07) is 10.2. The van der Waals surface area contributed by atoms with Crippen molar-refractivity contribution in [2.45, 2.75) is 25.8 Å². The average molecular weight is 266 g/mol. The Hall–Kier alpha value is -2.12. The quantitative estimate of drug-likeness (QED) is 0.907. The normalized spacial score (nSPS) is 16.4. The van der Waals surface area contributed by atoms with Crippen molar-refractivity contribution in [3.05, 3.63) is 35.4 Å². The second-order valence-electron chi connectivity index (χ2n) is 5.41. The molecule has 1 unspecified atom stereocenters. The second-order valence-corrected chi connectivity index (χ2v) is 5.41. The van der Waals surface area contributed by atoms with Gasteiger partial charge in [-0.05, 0) is 43.5 Å². The van der Waals surface area contributed by atoms with E-state index in [1.54, 1.807) is 0 Å². The van der Waals surface area contributed by atoms with Gasteiger partial charge >= 0.3 is 0 Å². The van der Waals surface area contributed by atoms with Crippen LogP contribution in [0.5, 0.6) is 0 Å². The maximum Gasteiger partial charge on any atom is 0.147 e. The van der Waals surface area contributed by atoms with Gasteiger partial charge in [-0.25, -0.2) is 4.98 Å². The van der Waals surface area contributed by atoms with Crippen molar-refractivity contribution in [3.8, 4) is 6.07 Å². The number of hydrogen-bond acceptors (Lipinski definition) is 4. The van der Waals surface area contributed by atoms with Crippen LogP contribution in [0.1, 0.15) is 36.9 Å². The smallest absolute Gasteiger partial charge is 0.147 e. The summed E-state index contributed by atoms with van der Waals surface area (Å²) in [4.78, 5) is 6.90. The molecule has 0 spiro atoms. The molecule has 1 aromatic heterocycles. The van der Waals surface area contributed by atoms with Gasteiger partial charge in [0.05, 0.1) is 11.1 Å². The van der Waals surface area contributed by atoms with Crippen LogP contribution in [0, 0.1) is 11.3 Å². The average Bonchev–Trinajstić information content (AvgIpc) is 2.99. The molecule has 1 fully saturated rings. The number of nitrogens with two attached hydrogens (primary N) is 1. The van der Waals surface area contributed by atoms with Crippen molar-refractivity contribution in [1.29, 1.82) is 5.26 Å². The minimum absolute atomic E-state index is 0.0109. The number of anilines is 1. The number of aromatic nitrogens is 1. The number of nitriles is 1. The van der Waals surface area contributed by atoms with Crippen LogP contribution in [0.15, 0.2) is 24.3 Å². The van der Waals surface area contributed by atoms with Gasteiger partial charge in [-0.1, -0.05) is 6.07 Å². The highest BCUT2D eigenvalue weighted by atomic mass is 15.2. The van der Waals surface area contributed by atoms with Crippen LogP contribution in [0.4, 0.5) is 5.82 Å². The Labute approximate surface area is 118 Å². The standard InChI is InChI=1S/C16H18N4/c1-11(18)12-4-5-15-13(8-12)9-14(10-17)16(19-15)20-6-2-3-7-20/h4-5,8-9,11H,2-3,6-7,18H2,1H3. The molecule has 0 bridgehead atoms. The first-order valence-electron chi connectivity index (χ1n) is 7.04. The third-order valence-corrected chi connectivity index (χ3v) is 3.87. The largest absolute Gasteiger partial charge is 0.356 e. The van der Waals surface area contributed by atoms with Crippen LogP contribution in [0.2, 0.25) is 0 Å². The van der Waals surface area contributed by atoms with Crippen molar-refractivity contribution < 1.29 is 0 Å². The van der Waals surface area contributed by atoms with Crippen molar-refractivity contribution >= 4 is 16.7 Å². The zero-order valence-electron chi connectivity index (χ0n) is 11.6. The lowest BCUT2D eigenvalue weighted by molar-refractivity contribution is 0.820. The number of rotatable bonds is 2. The van der Waals surface area contributed by atoms with E-state index in [-0.39, 0.29) is 6.04 Å². The predicted molar refractivity (Wildman–Crippen MR) is 80.5 cm³/mol. The highest BCUT2D eigenvalue weighted by molar-refractivity contribution is 5.84. The lowest BCUT2D eigenvalue weighted by Crippen LogP contribution is -2.20. The molecule has 3 rings (SSSR count). The van der Waals surface area contributed by atoms with Crippen LogP contribution in [-0.4, -0.2) is 18.1 Å². The third-order valence-electron chi connectivity index (χ3n) is 3.87. The van der Waals surface area contributed by atoms with Gasteiger partial charge in [0.25, 0.3) is 0 Å². The maximum absolute atomic E-state index is 9.38. The highest BCUT2D eigenvalue weighted by Gasteiger charge is 2.18. The summed E-state index contributed by atoms with van der Waals surface area (Å²) in [5.74, 6) is 0.825. The van der Waals surface area contributed by atoms with E-state index in [0.717, 1.165) is 35.4 Å². The molecule has 1 aliphatic rings. The third kappa shape index (κ3) is 2.21. The fraction of sp³-hybridized carbons (Fsp3) is 0.375. The lowest BCUT2D eigenvalue weighted by atomic mass is 10.0. The SMILES string of the molecule is CC(N)c1ccc2nc(N3CCCC3)c(C#N)cc2c1. The molecule has 4 nitrogen and oxygen atoms in total. The fourth-order valence-electron chi connectivity index (χ4n) is 2.72. The first-order chi connectivity index (χ1) is 9.69. The van der Waals surface area contributed by atoms with E-state index in [0.29, 0.717) is 5.56 Å². The van der Waals surface area contributed by atoms with Crippen LogP contribution in [0.25, 0.3) is 10.9 Å². The van der Waals surface area contributed by atoms with Gasteiger partial charge in [0.1, 0.15) is 11.9 Å². The summed E-state index contributed by atoms with van der Waals surface area (Å²) in [5.41, 5.74) is 8.56. The minimum Gasteiger partial charge on any atom is -0.356 e. The van der Waals surface area contributed by atoms with E-state index in [4.69, 9.17) is 10.7 Å². The van der Waals surface area contributed by atoms with Gasteiger partial charge < -0.3 is 10.6 Å². The predicted octanol–water partition coefficient (Wildman–Crippen LogP) is 2.73. The molecule has 2 heterocycles. The lowest BCUT2D eigenvalue weighted by Gasteiger charge is -2.18. The molecule has 0 amide bonds. The Morgan fingerprint density at radius 1 is 1.30 bits per heavy atom. The maximum atomic E-state index is 9.38. The van der Waals surface area contributed by atoms with E-state index < -0.39 is 0 Å². The van der Waals surface area contributed by atoms with Crippen molar-refractivity contribution in [3.63, 3.8) is 0 Å². The van der Waals surface area contributed by atoms with Gasteiger partial charge in [0.2, 0.25) is 0 Å². The first kappa shape index (κ1) is 12.9. The molecule has 1 aliphatic heterocycles. The summed E-state index contributed by atoms with van der Waals surface area (Å²) in [6.07, 6.45) is 2.35. The Balaban J connectivity index is 2.13. The van der Waals surface area contributed by atoms with E-state index >= 15 is 0 Å². The van der Waals surface area contributed by atoms with E-state index in [1.807, 2.05) is 31.2 Å². The van der Waals surface area contributed by atoms with Crippen molar-refractivity contribution in [2.24, 2.45) is 5.73 Å². The number of nitrogens with zero attached hydrogens (tertiary/aromatic N) is 3. The van der Waals surface area contributed by atoms with E-state index in [9.17, 15) is 5.26 Å². The molecule has 20 heavy (non-hydrogen) atoms. The summed E-state index contributed by atoms with van der Waals surface area (Å²) >= 11 is 0. The molecule has 1 atom stereocenters. The molecule has 0 aliphatic carbocycles. The van der Waals surface area contributed by atoms with Gasteiger partial charge in [0, 0.05) is 24.5 Å². The monoisotopic (exact) mass is 266 g/mol. The van der Waals surface area contributed by atoms with Crippen molar-refractivity contribution in [2.75, 3.05) is 18.0 Å². The summed E-state index contributed by atoms with van der Waals surface area (Å²) < 4.78 is 0. The van der Waals surface area contributed by atoms with Gasteiger partial charge in [0.15, 0.2) is 0 Å². The molecule has 0 radical (unpaired) electrons. The summed E-state index contributed by atoms with van der Waals surface area (Å²) in [7, 11) is 0. The van der Waals surface area contributed by atoms with Gasteiger partial charge in [-0.2, -0.15) is 5.26 Å². The summed E-state index contributed by atoms with van der Waals surface area (Å²) in [5, 5.41) is 10.4. The van der Waals surface area contributed by atoms with Crippen LogP contribution >= 0.6 is 0 Å². The van der Waals surface area contributed by atoms with Crippen LogP contribution < -0.4 is 10.6 Å². The molecule has 1 saturated heterocycles. The van der Waals surface area contributed by atoms with Gasteiger partial charge in [-0.3, -0.25) is 0 Å². The molecule has 0 saturated carbocycles. The van der Waals surface area contributed by atoms with E-state index in [1.165, 1.54) is 12.8 Å². The number of pyridine rings is 1. The molecule has 2 N–H and O–H groups in total. The number of fused-ring (bicyclic) bond motifs is 1. The van der Waals surface area contributed by atoms with Crippen molar-refractivity contribution in [1.82, 2.24) is 4.98 Å². The minimum atomic E-state index is -0.0109. The molecule has 102 valence electrons. The van der Waals surface area contributed by atoms with E-state index in [2.05, 4.69) is 11.0 Å². The van der Waals surface area contributed by atoms with Gasteiger partial charge in [-0.15, -0.1) is 0 Å². The Bertz CT molecular complexity index is 679. The topological polar surface area (TPSA) is 65.9 Å². The summed E-state index contributed by atoms with van der Waals surface area (Å²) in [6.45, 7) is 3.94. The first-order valence-corrected chi connectivity index (χ1v) is 7.04. The zero-order chi connectivity index (χ0) is 14.1. The highest BCUT2D eigenvalue weighted by Crippen LogP contribution is 2.27. The second kappa shape index (κ2) is 5.10. The van der Waals surface area contributed by atoms with Crippen LogP contribution in [-0.2, 0) is 0 Å². The Morgan fingerprint density at radius 2 is 2.05 bits per heavy atom. The number of benzene rings is 1. The fourth-order valence-corrected chi connectivity index (χ4v) is 2.72. The Kier molecular flexibility index (Phi) is 3.29. The molecular weight excluding hydrogens is 248 g/mol. The number of hydrogen-bond donors (Lipinski definition) is 1. The molecule has 4 heteroatoms.